The molecule has 2 aromatic carbocycles. The zero-order valence-electron chi connectivity index (χ0n) is 11.7. The van der Waals surface area contributed by atoms with Gasteiger partial charge in [-0.1, -0.05) is 28.1 Å². The van der Waals surface area contributed by atoms with Gasteiger partial charge in [-0.15, -0.1) is 0 Å². The molecular weight excluding hydrogens is 354 g/mol. The molecule has 0 aliphatic heterocycles. The van der Waals surface area contributed by atoms with Crippen LogP contribution >= 0.6 is 15.9 Å². The lowest BCUT2D eigenvalue weighted by Gasteiger charge is -2.17. The second-order valence-corrected chi connectivity index (χ2v) is 7.64. The molecule has 112 valence electrons. The zero-order valence-corrected chi connectivity index (χ0v) is 14.1. The summed E-state index contributed by atoms with van der Waals surface area (Å²) in [5.74, 6) is 0.692. The minimum absolute atomic E-state index is 0.277. The monoisotopic (exact) mass is 369 g/mol. The third-order valence-electron chi connectivity index (χ3n) is 3.19. The van der Waals surface area contributed by atoms with E-state index in [1.165, 1.54) is 6.26 Å². The summed E-state index contributed by atoms with van der Waals surface area (Å²) in [4.78, 5) is 0.277. The molecule has 0 amide bonds. The van der Waals surface area contributed by atoms with Crippen molar-refractivity contribution in [2.24, 2.45) is 5.73 Å². The van der Waals surface area contributed by atoms with Crippen LogP contribution in [-0.2, 0) is 9.84 Å². The first-order chi connectivity index (χ1) is 9.82. The topological polar surface area (TPSA) is 69.4 Å². The Bertz CT molecular complexity index is 742. The van der Waals surface area contributed by atoms with Crippen LogP contribution in [0.2, 0.25) is 0 Å². The molecule has 4 nitrogen and oxygen atoms in total. The predicted octanol–water partition coefficient (Wildman–Crippen LogP) is 2.91. The zero-order chi connectivity index (χ0) is 15.6. The third-order valence-corrected chi connectivity index (χ3v) is 4.82. The van der Waals surface area contributed by atoms with Crippen molar-refractivity contribution in [1.29, 1.82) is 0 Å². The lowest BCUT2D eigenvalue weighted by Crippen LogP contribution is -2.13. The van der Waals surface area contributed by atoms with Gasteiger partial charge in [-0.3, -0.25) is 0 Å². The maximum Gasteiger partial charge on any atom is 0.175 e. The van der Waals surface area contributed by atoms with Gasteiger partial charge in [0.1, 0.15) is 5.75 Å². The van der Waals surface area contributed by atoms with Crippen molar-refractivity contribution in [1.82, 2.24) is 0 Å². The molecule has 0 heterocycles. The van der Waals surface area contributed by atoms with Gasteiger partial charge in [0.15, 0.2) is 9.84 Å². The summed E-state index contributed by atoms with van der Waals surface area (Å²) in [5, 5.41) is 0. The summed E-state index contributed by atoms with van der Waals surface area (Å²) in [6.07, 6.45) is 1.18. The van der Waals surface area contributed by atoms with Crippen LogP contribution in [-0.4, -0.2) is 21.8 Å². The SMILES string of the molecule is COc1ccc(Br)cc1C(N)c1ccc(S(C)(=O)=O)cc1. The first-order valence-electron chi connectivity index (χ1n) is 6.22. The fourth-order valence-corrected chi connectivity index (χ4v) is 3.06. The minimum Gasteiger partial charge on any atom is -0.496 e. The van der Waals surface area contributed by atoms with Crippen molar-refractivity contribution in [3.8, 4) is 5.75 Å². The summed E-state index contributed by atoms with van der Waals surface area (Å²) in [5.41, 5.74) is 7.92. The van der Waals surface area contributed by atoms with E-state index in [1.54, 1.807) is 31.4 Å². The highest BCUT2D eigenvalue weighted by Crippen LogP contribution is 2.31. The first kappa shape index (κ1) is 16.0. The Labute approximate surface area is 133 Å². The summed E-state index contributed by atoms with van der Waals surface area (Å²) >= 11 is 3.41. The molecule has 2 rings (SSSR count). The number of sulfone groups is 1. The van der Waals surface area contributed by atoms with Gasteiger partial charge < -0.3 is 10.5 Å². The van der Waals surface area contributed by atoms with E-state index in [-0.39, 0.29) is 4.90 Å². The van der Waals surface area contributed by atoms with Gasteiger partial charge in [0.2, 0.25) is 0 Å². The summed E-state index contributed by atoms with van der Waals surface area (Å²) in [6, 6.07) is 11.8. The van der Waals surface area contributed by atoms with Crippen molar-refractivity contribution >= 4 is 25.8 Å². The summed E-state index contributed by atoms with van der Waals surface area (Å²) in [7, 11) is -1.61. The number of hydrogen-bond acceptors (Lipinski definition) is 4. The minimum atomic E-state index is -3.20. The molecule has 2 N–H and O–H groups in total. The van der Waals surface area contributed by atoms with Crippen LogP contribution < -0.4 is 10.5 Å². The maximum atomic E-state index is 11.5. The van der Waals surface area contributed by atoms with Crippen LogP contribution in [0.25, 0.3) is 0 Å². The highest BCUT2D eigenvalue weighted by atomic mass is 79.9. The average Bonchev–Trinajstić information content (AvgIpc) is 2.45. The molecule has 0 radical (unpaired) electrons. The van der Waals surface area contributed by atoms with Crippen LogP contribution in [0.15, 0.2) is 51.8 Å². The molecule has 0 spiro atoms. The van der Waals surface area contributed by atoms with Crippen LogP contribution in [0.1, 0.15) is 17.2 Å². The molecule has 0 aromatic heterocycles. The van der Waals surface area contributed by atoms with Crippen molar-refractivity contribution in [2.75, 3.05) is 13.4 Å². The Morgan fingerprint density at radius 2 is 1.76 bits per heavy atom. The Balaban J connectivity index is 2.40. The van der Waals surface area contributed by atoms with E-state index < -0.39 is 15.9 Å². The quantitative estimate of drug-likeness (QED) is 0.899. The van der Waals surface area contributed by atoms with Gasteiger partial charge in [0, 0.05) is 16.3 Å². The fraction of sp³-hybridized carbons (Fsp3) is 0.200. The number of nitrogens with two attached hydrogens (primary N) is 1. The maximum absolute atomic E-state index is 11.5. The smallest absolute Gasteiger partial charge is 0.175 e. The number of rotatable bonds is 4. The fourth-order valence-electron chi connectivity index (χ4n) is 2.05. The highest BCUT2D eigenvalue weighted by molar-refractivity contribution is 9.10. The number of methoxy groups -OCH3 is 1. The number of halogens is 1. The Hall–Kier alpha value is -1.37. The summed E-state index contributed by atoms with van der Waals surface area (Å²) < 4.78 is 29.2. The molecule has 1 atom stereocenters. The van der Waals surface area contributed by atoms with Gasteiger partial charge in [0.25, 0.3) is 0 Å². The molecule has 0 saturated heterocycles. The van der Waals surface area contributed by atoms with Gasteiger partial charge in [-0.05, 0) is 35.9 Å². The molecule has 0 aliphatic carbocycles. The van der Waals surface area contributed by atoms with Crippen molar-refractivity contribution < 1.29 is 13.2 Å². The van der Waals surface area contributed by atoms with Crippen LogP contribution in [0, 0.1) is 0 Å². The average molecular weight is 370 g/mol. The van der Waals surface area contributed by atoms with Crippen LogP contribution in [0.3, 0.4) is 0 Å². The molecule has 1 unspecified atom stereocenters. The van der Waals surface area contributed by atoms with Gasteiger partial charge in [-0.2, -0.15) is 0 Å². The third kappa shape index (κ3) is 3.64. The number of benzene rings is 2. The second kappa shape index (κ2) is 6.17. The molecule has 0 bridgehead atoms. The van der Waals surface area contributed by atoms with E-state index in [0.29, 0.717) is 5.75 Å². The first-order valence-corrected chi connectivity index (χ1v) is 8.90. The Kier molecular flexibility index (Phi) is 4.70. The van der Waals surface area contributed by atoms with Crippen molar-refractivity contribution in [2.45, 2.75) is 10.9 Å². The van der Waals surface area contributed by atoms with E-state index in [2.05, 4.69) is 15.9 Å². The van der Waals surface area contributed by atoms with Crippen LogP contribution in [0.5, 0.6) is 5.75 Å². The van der Waals surface area contributed by atoms with E-state index in [4.69, 9.17) is 10.5 Å². The Morgan fingerprint density at radius 1 is 1.14 bits per heavy atom. The molecule has 2 aromatic rings. The van der Waals surface area contributed by atoms with Gasteiger partial charge in [-0.25, -0.2) is 8.42 Å². The van der Waals surface area contributed by atoms with E-state index in [9.17, 15) is 8.42 Å². The van der Waals surface area contributed by atoms with Crippen molar-refractivity contribution in [3.05, 3.63) is 58.1 Å². The number of hydrogen-bond donors (Lipinski definition) is 1. The largest absolute Gasteiger partial charge is 0.496 e. The lowest BCUT2D eigenvalue weighted by atomic mass is 9.99. The van der Waals surface area contributed by atoms with Crippen LogP contribution in [0.4, 0.5) is 0 Å². The molecule has 21 heavy (non-hydrogen) atoms. The normalized spacial score (nSPS) is 13.0. The Morgan fingerprint density at radius 3 is 2.29 bits per heavy atom. The molecule has 0 saturated carbocycles. The molecular formula is C15H16BrNO3S. The highest BCUT2D eigenvalue weighted by Gasteiger charge is 2.15. The second-order valence-electron chi connectivity index (χ2n) is 4.71. The van der Waals surface area contributed by atoms with E-state index in [0.717, 1.165) is 15.6 Å². The van der Waals surface area contributed by atoms with Crippen molar-refractivity contribution in [3.63, 3.8) is 0 Å². The predicted molar refractivity (Wildman–Crippen MR) is 86.3 cm³/mol. The summed E-state index contributed by atoms with van der Waals surface area (Å²) in [6.45, 7) is 0. The van der Waals surface area contributed by atoms with E-state index in [1.807, 2.05) is 18.2 Å². The standard InChI is InChI=1S/C15H16BrNO3S/c1-20-14-8-5-11(16)9-13(14)15(17)10-3-6-12(7-4-10)21(2,18)19/h3-9,15H,17H2,1-2H3. The molecule has 6 heteroatoms. The van der Waals surface area contributed by atoms with Gasteiger partial charge >= 0.3 is 0 Å². The van der Waals surface area contributed by atoms with Gasteiger partial charge in [0.05, 0.1) is 18.0 Å². The molecule has 0 fully saturated rings. The molecule has 0 aliphatic rings. The van der Waals surface area contributed by atoms with E-state index >= 15 is 0 Å². The lowest BCUT2D eigenvalue weighted by molar-refractivity contribution is 0.407. The number of ether oxygens (including phenoxy) is 1.